The molecule has 1 heterocycles. The highest BCUT2D eigenvalue weighted by Gasteiger charge is 2.13. The molecule has 0 aliphatic carbocycles. The van der Waals surface area contributed by atoms with Crippen molar-refractivity contribution in [2.75, 3.05) is 25.3 Å². The Bertz CT molecular complexity index is 695. The van der Waals surface area contributed by atoms with Gasteiger partial charge in [0.15, 0.2) is 17.5 Å². The van der Waals surface area contributed by atoms with Gasteiger partial charge in [0.25, 0.3) is 0 Å². The fraction of sp³-hybridized carbons (Fsp3) is 0.562. The van der Waals surface area contributed by atoms with Crippen molar-refractivity contribution in [1.29, 1.82) is 0 Å². The summed E-state index contributed by atoms with van der Waals surface area (Å²) >= 11 is 0. The number of guanidine groups is 1. The summed E-state index contributed by atoms with van der Waals surface area (Å²) in [6.07, 6.45) is 1.78. The van der Waals surface area contributed by atoms with Gasteiger partial charge in [0, 0.05) is 18.8 Å². The number of sulfone groups is 1. The van der Waals surface area contributed by atoms with Gasteiger partial charge in [0.05, 0.1) is 12.3 Å². The molecule has 0 bridgehead atoms. The molecule has 142 valence electrons. The van der Waals surface area contributed by atoms with E-state index in [0.29, 0.717) is 18.9 Å². The van der Waals surface area contributed by atoms with Crippen LogP contribution in [0.15, 0.2) is 23.2 Å². The van der Waals surface area contributed by atoms with E-state index in [2.05, 4.69) is 15.6 Å². The molecule has 1 aliphatic heterocycles. The minimum Gasteiger partial charge on any atom is -0.454 e. The van der Waals surface area contributed by atoms with Crippen LogP contribution in [0.1, 0.15) is 25.8 Å². The van der Waals surface area contributed by atoms with E-state index >= 15 is 0 Å². The number of nitrogens with one attached hydrogen (secondary N) is 2. The van der Waals surface area contributed by atoms with Gasteiger partial charge in [-0.2, -0.15) is 0 Å². The first kappa shape index (κ1) is 21.8. The van der Waals surface area contributed by atoms with E-state index in [1.165, 1.54) is 6.26 Å². The third kappa shape index (κ3) is 7.68. The summed E-state index contributed by atoms with van der Waals surface area (Å²) in [5.41, 5.74) is 1.01. The van der Waals surface area contributed by atoms with Crippen molar-refractivity contribution < 1.29 is 17.9 Å². The number of aliphatic imine (C=N–C) groups is 1. The Labute approximate surface area is 166 Å². The summed E-state index contributed by atoms with van der Waals surface area (Å²) in [6.45, 7) is 5.40. The molecule has 0 amide bonds. The van der Waals surface area contributed by atoms with Crippen molar-refractivity contribution in [3.8, 4) is 11.5 Å². The van der Waals surface area contributed by atoms with Crippen molar-refractivity contribution in [2.45, 2.75) is 32.9 Å². The van der Waals surface area contributed by atoms with Crippen molar-refractivity contribution in [1.82, 2.24) is 10.6 Å². The van der Waals surface area contributed by atoms with Gasteiger partial charge in [-0.3, -0.25) is 0 Å². The Kier molecular flexibility index (Phi) is 8.77. The van der Waals surface area contributed by atoms with E-state index in [0.717, 1.165) is 23.6 Å². The first-order chi connectivity index (χ1) is 11.4. The van der Waals surface area contributed by atoms with Crippen LogP contribution >= 0.6 is 24.0 Å². The van der Waals surface area contributed by atoms with Gasteiger partial charge in [-0.25, -0.2) is 13.4 Å². The highest BCUT2D eigenvalue weighted by molar-refractivity contribution is 14.0. The molecule has 1 aromatic rings. The van der Waals surface area contributed by atoms with Gasteiger partial charge in [-0.1, -0.05) is 6.07 Å². The molecule has 1 atom stereocenters. The summed E-state index contributed by atoms with van der Waals surface area (Å²) in [7, 11) is -2.95. The Balaban J connectivity index is 0.00000312. The molecule has 7 nitrogen and oxygen atoms in total. The molecule has 0 fully saturated rings. The third-order valence-corrected chi connectivity index (χ3v) is 4.48. The summed E-state index contributed by atoms with van der Waals surface area (Å²) < 4.78 is 33.2. The van der Waals surface area contributed by atoms with Crippen LogP contribution in [-0.2, 0) is 16.4 Å². The van der Waals surface area contributed by atoms with Gasteiger partial charge in [-0.15, -0.1) is 24.0 Å². The molecule has 0 spiro atoms. The molecule has 1 aromatic carbocycles. The van der Waals surface area contributed by atoms with E-state index in [9.17, 15) is 8.42 Å². The maximum absolute atomic E-state index is 11.3. The summed E-state index contributed by atoms with van der Waals surface area (Å²) in [6, 6.07) is 5.76. The number of rotatable bonds is 7. The monoisotopic (exact) mass is 483 g/mol. The molecular weight excluding hydrogens is 457 g/mol. The predicted molar refractivity (Wildman–Crippen MR) is 110 cm³/mol. The largest absolute Gasteiger partial charge is 0.454 e. The van der Waals surface area contributed by atoms with Crippen molar-refractivity contribution in [3.05, 3.63) is 23.8 Å². The Morgan fingerprint density at radius 1 is 1.32 bits per heavy atom. The molecule has 0 aromatic heterocycles. The number of hydrogen-bond donors (Lipinski definition) is 2. The van der Waals surface area contributed by atoms with Gasteiger partial charge in [-0.05, 0) is 38.0 Å². The van der Waals surface area contributed by atoms with E-state index < -0.39 is 9.84 Å². The number of benzene rings is 1. The van der Waals surface area contributed by atoms with Crippen LogP contribution in [0.2, 0.25) is 0 Å². The van der Waals surface area contributed by atoms with Gasteiger partial charge < -0.3 is 20.1 Å². The van der Waals surface area contributed by atoms with E-state index in [-0.39, 0.29) is 42.6 Å². The topological polar surface area (TPSA) is 89.0 Å². The molecule has 25 heavy (non-hydrogen) atoms. The lowest BCUT2D eigenvalue weighted by Crippen LogP contribution is -2.42. The quantitative estimate of drug-likeness (QED) is 0.350. The molecule has 1 unspecified atom stereocenters. The van der Waals surface area contributed by atoms with Crippen LogP contribution < -0.4 is 20.1 Å². The fourth-order valence-corrected chi connectivity index (χ4v) is 3.01. The normalized spacial score (nSPS) is 14.6. The van der Waals surface area contributed by atoms with Crippen LogP contribution in [0.5, 0.6) is 11.5 Å². The number of nitrogens with zero attached hydrogens (tertiary/aromatic N) is 1. The zero-order valence-corrected chi connectivity index (χ0v) is 17.9. The van der Waals surface area contributed by atoms with Crippen molar-refractivity contribution in [2.24, 2.45) is 4.99 Å². The van der Waals surface area contributed by atoms with Gasteiger partial charge in [0.1, 0.15) is 9.84 Å². The average Bonchev–Trinajstić information content (AvgIpc) is 2.98. The second-order valence-electron chi connectivity index (χ2n) is 5.85. The fourth-order valence-electron chi connectivity index (χ4n) is 2.23. The summed E-state index contributed by atoms with van der Waals surface area (Å²) in [5.74, 6) is 2.31. The highest BCUT2D eigenvalue weighted by atomic mass is 127. The molecule has 9 heteroatoms. The molecule has 0 saturated heterocycles. The lowest BCUT2D eigenvalue weighted by atomic mass is 10.2. The average molecular weight is 483 g/mol. The first-order valence-electron chi connectivity index (χ1n) is 7.98. The van der Waals surface area contributed by atoms with Crippen LogP contribution in [0.3, 0.4) is 0 Å². The second-order valence-corrected chi connectivity index (χ2v) is 8.11. The van der Waals surface area contributed by atoms with E-state index in [1.807, 2.05) is 32.0 Å². The lowest BCUT2D eigenvalue weighted by Gasteiger charge is -2.17. The summed E-state index contributed by atoms with van der Waals surface area (Å²) in [4.78, 5) is 4.54. The zero-order valence-electron chi connectivity index (χ0n) is 14.7. The third-order valence-electron chi connectivity index (χ3n) is 3.51. The smallest absolute Gasteiger partial charge is 0.231 e. The molecule has 0 saturated carbocycles. The zero-order chi connectivity index (χ0) is 17.6. The maximum Gasteiger partial charge on any atom is 0.231 e. The van der Waals surface area contributed by atoms with Gasteiger partial charge >= 0.3 is 0 Å². The van der Waals surface area contributed by atoms with E-state index in [4.69, 9.17) is 9.47 Å². The molecular formula is C16H26IN3O4S. The van der Waals surface area contributed by atoms with Crippen LogP contribution in [-0.4, -0.2) is 45.8 Å². The number of ether oxygens (including phenoxy) is 2. The van der Waals surface area contributed by atoms with Crippen LogP contribution in [0, 0.1) is 0 Å². The maximum atomic E-state index is 11.3. The van der Waals surface area contributed by atoms with E-state index in [1.54, 1.807) is 0 Å². The SMILES string of the molecule is CCNC(=NCc1ccc2c(c1)OCO2)NC(C)CCS(C)(=O)=O.I. The molecule has 2 rings (SSSR count). The molecule has 1 aliphatic rings. The minimum absolute atomic E-state index is 0. The predicted octanol–water partition coefficient (Wildman–Crippen LogP) is 1.91. The standard InChI is InChI=1S/C16H25N3O4S.HI/c1-4-17-16(19-12(2)7-8-24(3,20)21)18-10-13-5-6-14-15(9-13)23-11-22-14;/h5-6,9,12H,4,7-8,10-11H2,1-3H3,(H2,17,18,19);1H. The van der Waals surface area contributed by atoms with Crippen molar-refractivity contribution >= 4 is 39.8 Å². The Hall–Kier alpha value is -1.23. The minimum atomic E-state index is -2.95. The van der Waals surface area contributed by atoms with Gasteiger partial charge in [0.2, 0.25) is 6.79 Å². The first-order valence-corrected chi connectivity index (χ1v) is 10.0. The van der Waals surface area contributed by atoms with Crippen molar-refractivity contribution in [3.63, 3.8) is 0 Å². The Morgan fingerprint density at radius 3 is 2.72 bits per heavy atom. The Morgan fingerprint density at radius 2 is 2.04 bits per heavy atom. The lowest BCUT2D eigenvalue weighted by molar-refractivity contribution is 0.174. The second kappa shape index (κ2) is 10.0. The highest BCUT2D eigenvalue weighted by Crippen LogP contribution is 2.32. The number of hydrogen-bond acceptors (Lipinski definition) is 5. The number of fused-ring (bicyclic) bond motifs is 1. The molecule has 2 N–H and O–H groups in total. The van der Waals surface area contributed by atoms with Crippen LogP contribution in [0.25, 0.3) is 0 Å². The summed E-state index contributed by atoms with van der Waals surface area (Å²) in [5, 5.41) is 6.40. The van der Waals surface area contributed by atoms with Crippen LogP contribution in [0.4, 0.5) is 0 Å². The number of halogens is 1. The molecule has 0 radical (unpaired) electrons.